The Morgan fingerprint density at radius 1 is 0.889 bits per heavy atom. The van der Waals surface area contributed by atoms with E-state index in [0.29, 0.717) is 0 Å². The van der Waals surface area contributed by atoms with Gasteiger partial charge in [-0.15, -0.1) is 0 Å². The molecule has 2 atom stereocenters. The molecule has 0 heteroatoms. The maximum atomic E-state index is 2.58. The van der Waals surface area contributed by atoms with Crippen LogP contribution in [0.25, 0.3) is 5.57 Å². The van der Waals surface area contributed by atoms with E-state index in [1.807, 2.05) is 11.1 Å². The molecule has 0 fully saturated rings. The van der Waals surface area contributed by atoms with Crippen LogP contribution in [0.15, 0.2) is 47.6 Å². The standard InChI is InChI=1S/C18H20/c1-2-6-13(7-3-1)14-10-15-12-16(11-14)18-9-5-4-8-17(15)18/h1-3,6-7,10,15-16H,4-5,8-9,11-12H2/t15-,16+/m1/s1. The fraction of sp³-hybridized carbons (Fsp3) is 0.444. The quantitative estimate of drug-likeness (QED) is 0.603. The first-order chi connectivity index (χ1) is 8.92. The lowest BCUT2D eigenvalue weighted by Gasteiger charge is -2.22. The summed E-state index contributed by atoms with van der Waals surface area (Å²) in [7, 11) is 0. The van der Waals surface area contributed by atoms with Gasteiger partial charge in [-0.1, -0.05) is 47.6 Å². The highest BCUT2D eigenvalue weighted by Crippen LogP contribution is 2.51. The Bertz CT molecular complexity index is 518. The van der Waals surface area contributed by atoms with Gasteiger partial charge in [0.2, 0.25) is 0 Å². The zero-order valence-corrected chi connectivity index (χ0v) is 10.9. The number of allylic oxidation sites excluding steroid dienone is 4. The Kier molecular flexibility index (Phi) is 2.43. The van der Waals surface area contributed by atoms with Crippen LogP contribution in [0.3, 0.4) is 0 Å². The average molecular weight is 236 g/mol. The van der Waals surface area contributed by atoms with E-state index in [-0.39, 0.29) is 0 Å². The highest BCUT2D eigenvalue weighted by atomic mass is 14.4. The van der Waals surface area contributed by atoms with Gasteiger partial charge >= 0.3 is 0 Å². The molecule has 2 bridgehead atoms. The van der Waals surface area contributed by atoms with Crippen LogP contribution >= 0.6 is 0 Å². The first-order valence-electron chi connectivity index (χ1n) is 7.40. The van der Waals surface area contributed by atoms with E-state index in [1.165, 1.54) is 44.1 Å². The molecule has 0 N–H and O–H groups in total. The molecule has 0 saturated carbocycles. The van der Waals surface area contributed by atoms with Gasteiger partial charge in [-0.2, -0.15) is 0 Å². The number of hydrogen-bond acceptors (Lipinski definition) is 0. The van der Waals surface area contributed by atoms with E-state index < -0.39 is 0 Å². The number of rotatable bonds is 1. The van der Waals surface area contributed by atoms with Gasteiger partial charge in [0.1, 0.15) is 0 Å². The van der Waals surface area contributed by atoms with Crippen LogP contribution in [0.5, 0.6) is 0 Å². The Hall–Kier alpha value is -1.30. The third-order valence-corrected chi connectivity index (χ3v) is 5.05. The van der Waals surface area contributed by atoms with E-state index in [2.05, 4.69) is 36.4 Å². The average Bonchev–Trinajstić information content (AvgIpc) is 2.72. The molecule has 0 spiro atoms. The molecule has 18 heavy (non-hydrogen) atoms. The second-order valence-corrected chi connectivity index (χ2v) is 6.06. The predicted octanol–water partition coefficient (Wildman–Crippen LogP) is 4.98. The summed E-state index contributed by atoms with van der Waals surface area (Å²) in [6.07, 6.45) is 10.9. The van der Waals surface area contributed by atoms with E-state index in [0.717, 1.165) is 11.8 Å². The number of hydrogen-bond donors (Lipinski definition) is 0. The summed E-state index contributed by atoms with van der Waals surface area (Å²) in [4.78, 5) is 0. The first kappa shape index (κ1) is 10.6. The highest BCUT2D eigenvalue weighted by Gasteiger charge is 2.36. The van der Waals surface area contributed by atoms with Gasteiger partial charge in [-0.25, -0.2) is 0 Å². The maximum absolute atomic E-state index is 2.58. The van der Waals surface area contributed by atoms with Crippen LogP contribution in [0, 0.1) is 11.8 Å². The monoisotopic (exact) mass is 236 g/mol. The summed E-state index contributed by atoms with van der Waals surface area (Å²) in [5.74, 6) is 1.67. The Morgan fingerprint density at radius 3 is 2.50 bits per heavy atom. The molecular weight excluding hydrogens is 216 g/mol. The van der Waals surface area contributed by atoms with Gasteiger partial charge in [-0.3, -0.25) is 0 Å². The molecule has 3 aliphatic carbocycles. The number of benzene rings is 1. The second-order valence-electron chi connectivity index (χ2n) is 6.06. The minimum Gasteiger partial charge on any atom is -0.0735 e. The van der Waals surface area contributed by atoms with Crippen LogP contribution in [-0.4, -0.2) is 0 Å². The normalized spacial score (nSPS) is 30.1. The summed E-state index contributed by atoms with van der Waals surface area (Å²) in [6.45, 7) is 0. The summed E-state index contributed by atoms with van der Waals surface area (Å²) >= 11 is 0. The van der Waals surface area contributed by atoms with Crippen molar-refractivity contribution in [2.75, 3.05) is 0 Å². The predicted molar refractivity (Wildman–Crippen MR) is 76.1 cm³/mol. The molecule has 0 radical (unpaired) electrons. The third kappa shape index (κ3) is 1.59. The van der Waals surface area contributed by atoms with E-state index in [4.69, 9.17) is 0 Å². The molecule has 3 aliphatic rings. The zero-order chi connectivity index (χ0) is 11.9. The molecule has 0 saturated heterocycles. The smallest absolute Gasteiger partial charge is 0.000865 e. The largest absolute Gasteiger partial charge is 0.0735 e. The molecule has 0 aliphatic heterocycles. The SMILES string of the molecule is C1=C(c2ccccc2)C[C@H]2C[C@@H]1C1=C2CCCC1. The van der Waals surface area contributed by atoms with Gasteiger partial charge in [0.05, 0.1) is 0 Å². The van der Waals surface area contributed by atoms with Crippen molar-refractivity contribution in [1.29, 1.82) is 0 Å². The summed E-state index contributed by atoms with van der Waals surface area (Å²) in [6, 6.07) is 11.0. The third-order valence-electron chi connectivity index (χ3n) is 5.05. The Labute approximate surface area is 109 Å². The van der Waals surface area contributed by atoms with E-state index in [9.17, 15) is 0 Å². The van der Waals surface area contributed by atoms with Crippen LogP contribution in [0.1, 0.15) is 44.1 Å². The van der Waals surface area contributed by atoms with Crippen molar-refractivity contribution >= 4 is 5.57 Å². The fourth-order valence-electron chi connectivity index (χ4n) is 4.25. The lowest BCUT2D eigenvalue weighted by molar-refractivity contribution is 0.539. The molecule has 1 aromatic rings. The van der Waals surface area contributed by atoms with Crippen LogP contribution in [-0.2, 0) is 0 Å². The van der Waals surface area contributed by atoms with Crippen molar-refractivity contribution in [2.24, 2.45) is 11.8 Å². The van der Waals surface area contributed by atoms with Gasteiger partial charge in [0, 0.05) is 0 Å². The fourth-order valence-corrected chi connectivity index (χ4v) is 4.25. The lowest BCUT2D eigenvalue weighted by Crippen LogP contribution is -2.07. The van der Waals surface area contributed by atoms with Gasteiger partial charge < -0.3 is 0 Å². The van der Waals surface area contributed by atoms with Crippen molar-refractivity contribution in [3.05, 3.63) is 53.1 Å². The molecule has 1 aromatic carbocycles. The van der Waals surface area contributed by atoms with E-state index >= 15 is 0 Å². The lowest BCUT2D eigenvalue weighted by atomic mass is 9.83. The molecule has 0 nitrogen and oxygen atoms in total. The van der Waals surface area contributed by atoms with E-state index in [1.54, 1.807) is 5.57 Å². The highest BCUT2D eigenvalue weighted by molar-refractivity contribution is 5.69. The molecule has 92 valence electrons. The topological polar surface area (TPSA) is 0 Å². The molecule has 0 aromatic heterocycles. The van der Waals surface area contributed by atoms with Crippen molar-refractivity contribution in [2.45, 2.75) is 38.5 Å². The minimum atomic E-state index is 0.786. The minimum absolute atomic E-state index is 0.786. The Morgan fingerprint density at radius 2 is 1.67 bits per heavy atom. The second kappa shape index (κ2) is 4.12. The zero-order valence-electron chi connectivity index (χ0n) is 10.9. The Balaban J connectivity index is 1.69. The number of fused-ring (bicyclic) bond motifs is 4. The molecule has 4 rings (SSSR count). The molecule has 0 heterocycles. The van der Waals surface area contributed by atoms with Gasteiger partial charge in [-0.05, 0) is 61.5 Å². The summed E-state index contributed by atoms with van der Waals surface area (Å²) in [5, 5.41) is 0. The van der Waals surface area contributed by atoms with Crippen LogP contribution < -0.4 is 0 Å². The summed E-state index contributed by atoms with van der Waals surface area (Å²) < 4.78 is 0. The van der Waals surface area contributed by atoms with Crippen molar-refractivity contribution < 1.29 is 0 Å². The van der Waals surface area contributed by atoms with Crippen LogP contribution in [0.2, 0.25) is 0 Å². The van der Waals surface area contributed by atoms with Crippen molar-refractivity contribution in [1.82, 2.24) is 0 Å². The molecular formula is C18H20. The maximum Gasteiger partial charge on any atom is -0.000865 e. The van der Waals surface area contributed by atoms with Crippen molar-refractivity contribution in [3.63, 3.8) is 0 Å². The first-order valence-corrected chi connectivity index (χ1v) is 7.40. The van der Waals surface area contributed by atoms with Crippen LogP contribution in [0.4, 0.5) is 0 Å². The van der Waals surface area contributed by atoms with Gasteiger partial charge in [0.25, 0.3) is 0 Å². The molecule has 0 unspecified atom stereocenters. The van der Waals surface area contributed by atoms with Gasteiger partial charge in [0.15, 0.2) is 0 Å². The summed E-state index contributed by atoms with van der Waals surface area (Å²) in [5.41, 5.74) is 6.74. The molecule has 0 amide bonds. The van der Waals surface area contributed by atoms with Crippen molar-refractivity contribution in [3.8, 4) is 0 Å².